The van der Waals surface area contributed by atoms with Gasteiger partial charge in [0.15, 0.2) is 0 Å². The predicted octanol–water partition coefficient (Wildman–Crippen LogP) is 2.35. The maximum atomic E-state index is 12.1. The van der Waals surface area contributed by atoms with Crippen LogP contribution < -0.4 is 0 Å². The number of aryl methyl sites for hydroxylation is 1. The van der Waals surface area contributed by atoms with Gasteiger partial charge in [0.05, 0.1) is 5.69 Å². The molecule has 2 fully saturated rings. The minimum absolute atomic E-state index is 0.307. The summed E-state index contributed by atoms with van der Waals surface area (Å²) in [6, 6.07) is 2.90. The van der Waals surface area contributed by atoms with E-state index in [1.807, 2.05) is 19.9 Å². The van der Waals surface area contributed by atoms with Crippen LogP contribution in [0.25, 0.3) is 0 Å². The van der Waals surface area contributed by atoms with E-state index in [-0.39, 0.29) is 0 Å². The molecule has 0 radical (unpaired) electrons. The lowest BCUT2D eigenvalue weighted by molar-refractivity contribution is -0.132. The Labute approximate surface area is 126 Å². The zero-order valence-corrected chi connectivity index (χ0v) is 13.0. The van der Waals surface area contributed by atoms with Crippen LogP contribution in [0, 0.1) is 6.92 Å². The highest BCUT2D eigenvalue weighted by atomic mass is 16.5. The molecular formula is C16H25N3O2. The van der Waals surface area contributed by atoms with E-state index in [0.717, 1.165) is 43.9 Å². The van der Waals surface area contributed by atoms with E-state index in [1.165, 1.54) is 12.8 Å². The lowest BCUT2D eigenvalue weighted by atomic mass is 10.0. The third-order valence-electron chi connectivity index (χ3n) is 4.82. The van der Waals surface area contributed by atoms with Gasteiger partial charge >= 0.3 is 0 Å². The molecule has 3 rings (SSSR count). The van der Waals surface area contributed by atoms with Crippen LogP contribution in [0.5, 0.6) is 0 Å². The Balaban J connectivity index is 1.69. The second-order valence-electron chi connectivity index (χ2n) is 6.26. The zero-order valence-electron chi connectivity index (χ0n) is 13.0. The van der Waals surface area contributed by atoms with Crippen LogP contribution in [0.4, 0.5) is 0 Å². The Kier molecular flexibility index (Phi) is 4.29. The number of carbonyl (C=O) groups excluding carboxylic acids is 1. The van der Waals surface area contributed by atoms with Crippen molar-refractivity contribution in [2.24, 2.45) is 0 Å². The molecule has 2 unspecified atom stereocenters. The third kappa shape index (κ3) is 2.98. The average molecular weight is 291 g/mol. The van der Waals surface area contributed by atoms with Gasteiger partial charge in [0.2, 0.25) is 5.91 Å². The highest BCUT2D eigenvalue weighted by Crippen LogP contribution is 2.31. The van der Waals surface area contributed by atoms with E-state index >= 15 is 0 Å². The number of hydrogen-bond acceptors (Lipinski definition) is 4. The molecule has 2 aliphatic rings. The summed E-state index contributed by atoms with van der Waals surface area (Å²) in [6.45, 7) is 6.76. The van der Waals surface area contributed by atoms with Crippen molar-refractivity contribution in [3.8, 4) is 0 Å². The third-order valence-corrected chi connectivity index (χ3v) is 4.82. The molecule has 1 aromatic heterocycles. The number of amides is 1. The summed E-state index contributed by atoms with van der Waals surface area (Å²) in [5.41, 5.74) is 1.01. The molecular weight excluding hydrogens is 266 g/mol. The number of rotatable bonds is 4. The lowest BCUT2D eigenvalue weighted by Crippen LogP contribution is -2.47. The molecule has 0 bridgehead atoms. The maximum Gasteiger partial charge on any atom is 0.222 e. The molecule has 1 amide bonds. The molecule has 2 atom stereocenters. The van der Waals surface area contributed by atoms with E-state index in [9.17, 15) is 4.79 Å². The average Bonchev–Trinajstić information content (AvgIpc) is 3.18. The minimum Gasteiger partial charge on any atom is -0.361 e. The van der Waals surface area contributed by atoms with Crippen molar-refractivity contribution in [3.63, 3.8) is 0 Å². The van der Waals surface area contributed by atoms with Crippen LogP contribution in [0.3, 0.4) is 0 Å². The second kappa shape index (κ2) is 6.18. The Morgan fingerprint density at radius 2 is 2.10 bits per heavy atom. The van der Waals surface area contributed by atoms with Crippen LogP contribution in [0.15, 0.2) is 10.6 Å². The molecule has 21 heavy (non-hydrogen) atoms. The summed E-state index contributed by atoms with van der Waals surface area (Å²) < 4.78 is 5.17. The highest BCUT2D eigenvalue weighted by molar-refractivity contribution is 5.76. The number of hydrogen-bond donors (Lipinski definition) is 0. The fraction of sp³-hybridized carbons (Fsp3) is 0.750. The quantitative estimate of drug-likeness (QED) is 0.854. The van der Waals surface area contributed by atoms with Crippen molar-refractivity contribution in [1.82, 2.24) is 15.0 Å². The van der Waals surface area contributed by atoms with Gasteiger partial charge in [0, 0.05) is 37.7 Å². The first-order valence-corrected chi connectivity index (χ1v) is 8.14. The first-order chi connectivity index (χ1) is 10.2. The number of carbonyl (C=O) groups is 1. The monoisotopic (exact) mass is 291 g/mol. The summed E-state index contributed by atoms with van der Waals surface area (Å²) in [5, 5.41) is 4.11. The van der Waals surface area contributed by atoms with Crippen LogP contribution >= 0.6 is 0 Å². The Morgan fingerprint density at radius 3 is 2.81 bits per heavy atom. The highest BCUT2D eigenvalue weighted by Gasteiger charge is 2.39. The Hall–Kier alpha value is -1.36. The molecule has 0 spiro atoms. The molecule has 1 aromatic rings. The van der Waals surface area contributed by atoms with Crippen LogP contribution in [0.1, 0.15) is 50.5 Å². The van der Waals surface area contributed by atoms with Gasteiger partial charge in [-0.25, -0.2) is 0 Å². The summed E-state index contributed by atoms with van der Waals surface area (Å²) >= 11 is 0. The van der Waals surface area contributed by atoms with Crippen LogP contribution in [0.2, 0.25) is 0 Å². The largest absolute Gasteiger partial charge is 0.361 e. The van der Waals surface area contributed by atoms with Gasteiger partial charge in [-0.3, -0.25) is 9.69 Å². The molecule has 5 nitrogen and oxygen atoms in total. The van der Waals surface area contributed by atoms with Gasteiger partial charge in [0.25, 0.3) is 0 Å². The van der Waals surface area contributed by atoms with E-state index in [2.05, 4.69) is 15.0 Å². The van der Waals surface area contributed by atoms with Crippen molar-refractivity contribution in [3.05, 3.63) is 17.5 Å². The fourth-order valence-corrected chi connectivity index (χ4v) is 3.89. The van der Waals surface area contributed by atoms with Gasteiger partial charge in [-0.05, 0) is 39.2 Å². The minimum atomic E-state index is 0.307. The molecule has 2 aliphatic heterocycles. The standard InChI is InChI=1S/C16H25N3O2/c1-3-16(20)19-9-5-7-15(19)14-6-4-8-18(14)11-13-10-12(2)21-17-13/h10,14-15H,3-9,11H2,1-2H3. The summed E-state index contributed by atoms with van der Waals surface area (Å²) in [5.74, 6) is 1.17. The van der Waals surface area contributed by atoms with Gasteiger partial charge in [-0.1, -0.05) is 12.1 Å². The summed E-state index contributed by atoms with van der Waals surface area (Å²) in [4.78, 5) is 16.7. The smallest absolute Gasteiger partial charge is 0.222 e. The molecule has 0 aromatic carbocycles. The second-order valence-corrected chi connectivity index (χ2v) is 6.26. The number of aromatic nitrogens is 1. The molecule has 116 valence electrons. The topological polar surface area (TPSA) is 49.6 Å². The molecule has 0 N–H and O–H groups in total. The van der Waals surface area contributed by atoms with Crippen molar-refractivity contribution in [2.75, 3.05) is 13.1 Å². The van der Waals surface area contributed by atoms with Gasteiger partial charge in [0.1, 0.15) is 5.76 Å². The van der Waals surface area contributed by atoms with Gasteiger partial charge in [-0.15, -0.1) is 0 Å². The van der Waals surface area contributed by atoms with E-state index < -0.39 is 0 Å². The van der Waals surface area contributed by atoms with Crippen molar-refractivity contribution in [2.45, 2.75) is 64.6 Å². The van der Waals surface area contributed by atoms with Crippen molar-refractivity contribution >= 4 is 5.91 Å². The lowest BCUT2D eigenvalue weighted by Gasteiger charge is -2.34. The van der Waals surface area contributed by atoms with Crippen molar-refractivity contribution < 1.29 is 9.32 Å². The van der Waals surface area contributed by atoms with Crippen molar-refractivity contribution in [1.29, 1.82) is 0 Å². The Morgan fingerprint density at radius 1 is 1.33 bits per heavy atom. The first-order valence-electron chi connectivity index (χ1n) is 8.14. The predicted molar refractivity (Wildman–Crippen MR) is 79.7 cm³/mol. The molecule has 0 saturated carbocycles. The number of likely N-dealkylation sites (tertiary alicyclic amines) is 2. The van der Waals surface area contributed by atoms with Gasteiger partial charge in [-0.2, -0.15) is 0 Å². The first kappa shape index (κ1) is 14.6. The molecule has 5 heteroatoms. The molecule has 2 saturated heterocycles. The summed E-state index contributed by atoms with van der Waals surface area (Å²) in [6.07, 6.45) is 5.31. The normalized spacial score (nSPS) is 26.7. The van der Waals surface area contributed by atoms with E-state index in [1.54, 1.807) is 0 Å². The van der Waals surface area contributed by atoms with Crippen LogP contribution in [-0.2, 0) is 11.3 Å². The molecule has 3 heterocycles. The van der Waals surface area contributed by atoms with E-state index in [4.69, 9.17) is 4.52 Å². The van der Waals surface area contributed by atoms with Crippen LogP contribution in [-0.4, -0.2) is 46.0 Å². The fourth-order valence-electron chi connectivity index (χ4n) is 3.89. The molecule has 0 aliphatic carbocycles. The zero-order chi connectivity index (χ0) is 14.8. The summed E-state index contributed by atoms with van der Waals surface area (Å²) in [7, 11) is 0. The number of nitrogens with zero attached hydrogens (tertiary/aromatic N) is 3. The maximum absolute atomic E-state index is 12.1. The Bertz CT molecular complexity index is 499. The SMILES string of the molecule is CCC(=O)N1CCCC1C1CCCN1Cc1cc(C)on1. The van der Waals surface area contributed by atoms with E-state index in [0.29, 0.717) is 24.4 Å². The van der Waals surface area contributed by atoms with Gasteiger partial charge < -0.3 is 9.42 Å².